The zero-order chi connectivity index (χ0) is 26.2. The molecule has 3 atom stereocenters. The number of aryl methyl sites for hydroxylation is 2. The van der Waals surface area contributed by atoms with Crippen LogP contribution in [-0.2, 0) is 19.9 Å². The van der Waals surface area contributed by atoms with Crippen LogP contribution in [0.4, 0.5) is 10.6 Å². The number of benzene rings is 1. The fourth-order valence-electron chi connectivity index (χ4n) is 5.08. The summed E-state index contributed by atoms with van der Waals surface area (Å²) in [6.07, 6.45) is 2.29. The van der Waals surface area contributed by atoms with Gasteiger partial charge in [-0.05, 0) is 55.0 Å². The molecular formula is C26H31N5O5. The highest BCUT2D eigenvalue weighted by atomic mass is 16.5. The van der Waals surface area contributed by atoms with Crippen molar-refractivity contribution in [3.8, 4) is 0 Å². The molecule has 0 unspecified atom stereocenters. The molecule has 10 heteroatoms. The van der Waals surface area contributed by atoms with E-state index in [4.69, 9.17) is 4.74 Å². The minimum Gasteiger partial charge on any atom is -0.467 e. The van der Waals surface area contributed by atoms with Crippen molar-refractivity contribution < 1.29 is 23.9 Å². The van der Waals surface area contributed by atoms with E-state index in [1.807, 2.05) is 33.8 Å². The van der Waals surface area contributed by atoms with Crippen LogP contribution in [0.3, 0.4) is 0 Å². The molecule has 2 aromatic rings. The van der Waals surface area contributed by atoms with E-state index in [9.17, 15) is 19.2 Å². The van der Waals surface area contributed by atoms with E-state index in [0.29, 0.717) is 29.9 Å². The number of carbonyl (C=O) groups excluding carboxylic acids is 4. The summed E-state index contributed by atoms with van der Waals surface area (Å²) in [5, 5.41) is 8.35. The lowest BCUT2D eigenvalue weighted by atomic mass is 9.79. The summed E-state index contributed by atoms with van der Waals surface area (Å²) in [6.45, 7) is 7.93. The Labute approximate surface area is 209 Å². The normalized spacial score (nSPS) is 23.4. The molecule has 190 valence electrons. The highest BCUT2D eigenvalue weighted by Gasteiger charge is 2.50. The fourth-order valence-corrected chi connectivity index (χ4v) is 5.08. The molecule has 2 saturated heterocycles. The van der Waals surface area contributed by atoms with Crippen LogP contribution in [-0.4, -0.2) is 59.4 Å². The van der Waals surface area contributed by atoms with Gasteiger partial charge in [0, 0.05) is 18.3 Å². The first kappa shape index (κ1) is 25.2. The number of imide groups is 1. The van der Waals surface area contributed by atoms with Crippen molar-refractivity contribution in [3.63, 3.8) is 0 Å². The van der Waals surface area contributed by atoms with Gasteiger partial charge in [0.25, 0.3) is 11.8 Å². The first-order valence-corrected chi connectivity index (χ1v) is 11.9. The van der Waals surface area contributed by atoms with Crippen molar-refractivity contribution in [1.82, 2.24) is 20.5 Å². The molecule has 0 aliphatic carbocycles. The Balaban J connectivity index is 1.58. The van der Waals surface area contributed by atoms with Crippen LogP contribution in [0.25, 0.3) is 0 Å². The lowest BCUT2D eigenvalue weighted by Crippen LogP contribution is -2.48. The van der Waals surface area contributed by atoms with Gasteiger partial charge in [0.1, 0.15) is 17.4 Å². The molecule has 0 spiro atoms. The molecule has 1 aromatic carbocycles. The van der Waals surface area contributed by atoms with Crippen LogP contribution in [0.1, 0.15) is 47.3 Å². The first-order chi connectivity index (χ1) is 17.1. The van der Waals surface area contributed by atoms with Crippen LogP contribution >= 0.6 is 0 Å². The van der Waals surface area contributed by atoms with Gasteiger partial charge in [-0.3, -0.25) is 14.9 Å². The molecule has 0 radical (unpaired) electrons. The summed E-state index contributed by atoms with van der Waals surface area (Å²) in [7, 11) is 1.30. The molecule has 3 N–H and O–H groups in total. The van der Waals surface area contributed by atoms with Crippen LogP contribution in [0.2, 0.25) is 0 Å². The molecule has 3 heterocycles. The van der Waals surface area contributed by atoms with E-state index in [1.54, 1.807) is 30.5 Å². The number of nitrogens with one attached hydrogen (secondary N) is 3. The summed E-state index contributed by atoms with van der Waals surface area (Å²) < 4.78 is 5.04. The third-order valence-corrected chi connectivity index (χ3v) is 6.99. The maximum absolute atomic E-state index is 13.5. The average Bonchev–Trinajstić information content (AvgIpc) is 3.40. The summed E-state index contributed by atoms with van der Waals surface area (Å²) in [5.41, 5.74) is 1.70. The van der Waals surface area contributed by atoms with Crippen molar-refractivity contribution in [2.75, 3.05) is 19.0 Å². The number of urea groups is 1. The molecule has 2 aliphatic rings. The molecule has 4 amide bonds. The number of hydrogen-bond donors (Lipinski definition) is 3. The lowest BCUT2D eigenvalue weighted by molar-refractivity contribution is -0.145. The molecule has 2 fully saturated rings. The van der Waals surface area contributed by atoms with Gasteiger partial charge in [-0.25, -0.2) is 14.6 Å². The van der Waals surface area contributed by atoms with Crippen molar-refractivity contribution in [3.05, 3.63) is 58.8 Å². The zero-order valence-corrected chi connectivity index (χ0v) is 21.0. The fraction of sp³-hybridized carbons (Fsp3) is 0.423. The standard InChI is InChI=1S/C26H31N5O5/c1-14(2)26(24(34)29-25(35)30-26)18-8-6-17(7-9-18)22(32)31-11-10-19(20(31)23(33)36-5)28-21-16(4)12-15(3)13-27-21/h6-9,12-14,19-20H,10-11H2,1-5H3,(H,27,28)(H2,29,30,34,35)/t19-,20-,26+/m0/s1. The quantitative estimate of drug-likeness (QED) is 0.416. The molecule has 2 aliphatic heterocycles. The van der Waals surface area contributed by atoms with E-state index in [-0.39, 0.29) is 17.9 Å². The number of esters is 1. The SMILES string of the molecule is COC(=O)[C@@H]1[C@@H](Nc2ncc(C)cc2C)CCN1C(=O)c1ccc([C@@]2(C(C)C)NC(=O)NC2=O)cc1. The van der Waals surface area contributed by atoms with Crippen molar-refractivity contribution in [2.24, 2.45) is 5.92 Å². The third kappa shape index (κ3) is 4.27. The van der Waals surface area contributed by atoms with Gasteiger partial charge < -0.3 is 20.3 Å². The van der Waals surface area contributed by atoms with Gasteiger partial charge >= 0.3 is 12.0 Å². The molecule has 0 saturated carbocycles. The van der Waals surface area contributed by atoms with Crippen molar-refractivity contribution in [1.29, 1.82) is 0 Å². The van der Waals surface area contributed by atoms with Crippen LogP contribution < -0.4 is 16.0 Å². The molecule has 4 rings (SSSR count). The number of amides is 4. The number of ether oxygens (including phenoxy) is 1. The summed E-state index contributed by atoms with van der Waals surface area (Å²) >= 11 is 0. The third-order valence-electron chi connectivity index (χ3n) is 6.99. The van der Waals surface area contributed by atoms with Gasteiger partial charge in [-0.1, -0.05) is 32.0 Å². The number of carbonyl (C=O) groups is 4. The Hall–Kier alpha value is -3.95. The number of pyridine rings is 1. The molecule has 0 bridgehead atoms. The highest BCUT2D eigenvalue weighted by Crippen LogP contribution is 2.33. The Morgan fingerprint density at radius 2 is 1.89 bits per heavy atom. The second kappa shape index (κ2) is 9.60. The number of aromatic nitrogens is 1. The van der Waals surface area contributed by atoms with E-state index in [2.05, 4.69) is 20.9 Å². The van der Waals surface area contributed by atoms with Crippen LogP contribution in [0, 0.1) is 19.8 Å². The van der Waals surface area contributed by atoms with Gasteiger partial charge in [0.05, 0.1) is 13.2 Å². The molecular weight excluding hydrogens is 462 g/mol. The Kier molecular flexibility index (Phi) is 6.71. The number of nitrogens with zero attached hydrogens (tertiary/aromatic N) is 2. The van der Waals surface area contributed by atoms with Gasteiger partial charge in [-0.15, -0.1) is 0 Å². The number of rotatable bonds is 6. The zero-order valence-electron chi connectivity index (χ0n) is 21.0. The monoisotopic (exact) mass is 493 g/mol. The van der Waals surface area contributed by atoms with E-state index < -0.39 is 29.5 Å². The first-order valence-electron chi connectivity index (χ1n) is 11.9. The lowest BCUT2D eigenvalue weighted by Gasteiger charge is -2.31. The van der Waals surface area contributed by atoms with Crippen molar-refractivity contribution in [2.45, 2.75) is 51.7 Å². The Morgan fingerprint density at radius 3 is 2.44 bits per heavy atom. The largest absolute Gasteiger partial charge is 0.467 e. The van der Waals surface area contributed by atoms with Crippen LogP contribution in [0.5, 0.6) is 0 Å². The minimum absolute atomic E-state index is 0.224. The van der Waals surface area contributed by atoms with E-state index in [1.165, 1.54) is 12.0 Å². The van der Waals surface area contributed by atoms with Gasteiger partial charge in [0.15, 0.2) is 0 Å². The van der Waals surface area contributed by atoms with Crippen molar-refractivity contribution >= 4 is 29.6 Å². The summed E-state index contributed by atoms with van der Waals surface area (Å²) in [6, 6.07) is 6.80. The molecule has 36 heavy (non-hydrogen) atoms. The van der Waals surface area contributed by atoms with Crippen LogP contribution in [0.15, 0.2) is 36.5 Å². The predicted molar refractivity (Wildman–Crippen MR) is 132 cm³/mol. The maximum atomic E-state index is 13.5. The predicted octanol–water partition coefficient (Wildman–Crippen LogP) is 2.26. The van der Waals surface area contributed by atoms with E-state index in [0.717, 1.165) is 11.1 Å². The minimum atomic E-state index is -1.21. The van der Waals surface area contributed by atoms with Gasteiger partial charge in [-0.2, -0.15) is 0 Å². The summed E-state index contributed by atoms with van der Waals surface area (Å²) in [4.78, 5) is 56.7. The number of methoxy groups -OCH3 is 1. The smallest absolute Gasteiger partial charge is 0.330 e. The number of anilines is 1. The topological polar surface area (TPSA) is 130 Å². The molecule has 1 aromatic heterocycles. The molecule has 10 nitrogen and oxygen atoms in total. The Bertz CT molecular complexity index is 1210. The number of hydrogen-bond acceptors (Lipinski definition) is 7. The summed E-state index contributed by atoms with van der Waals surface area (Å²) in [5.74, 6) is -0.828. The highest BCUT2D eigenvalue weighted by molar-refractivity contribution is 6.07. The van der Waals surface area contributed by atoms with Gasteiger partial charge in [0.2, 0.25) is 0 Å². The second-order valence-corrected chi connectivity index (χ2v) is 9.63. The average molecular weight is 494 g/mol. The maximum Gasteiger partial charge on any atom is 0.330 e. The Morgan fingerprint density at radius 1 is 1.19 bits per heavy atom. The second-order valence-electron chi connectivity index (χ2n) is 9.63. The number of likely N-dealkylation sites (tertiary alicyclic amines) is 1. The van der Waals surface area contributed by atoms with E-state index >= 15 is 0 Å².